The number of methoxy groups -OCH3 is 1. The average Bonchev–Trinajstić information content (AvgIpc) is 3.15. The summed E-state index contributed by atoms with van der Waals surface area (Å²) < 4.78 is 9.88. The molecule has 22 heavy (non-hydrogen) atoms. The molecule has 1 atom stereocenters. The van der Waals surface area contributed by atoms with Crippen molar-refractivity contribution >= 4 is 23.2 Å². The number of hydrogen-bond acceptors (Lipinski definition) is 6. The second-order valence-corrected chi connectivity index (χ2v) is 6.18. The maximum absolute atomic E-state index is 12.2. The number of rotatable bonds is 6. The van der Waals surface area contributed by atoms with Gasteiger partial charge in [0, 0.05) is 6.07 Å². The van der Waals surface area contributed by atoms with E-state index in [2.05, 4.69) is 10.5 Å². The molecule has 1 N–H and O–H groups in total. The van der Waals surface area contributed by atoms with Gasteiger partial charge in [-0.1, -0.05) is 25.1 Å². The molecular weight excluding hydrogens is 304 g/mol. The number of nitrogens with one attached hydrogen (secondary N) is 1. The van der Waals surface area contributed by atoms with E-state index < -0.39 is 17.9 Å². The number of carbonyl (C=O) groups excluding carboxylic acids is 2. The molecule has 2 heterocycles. The molecule has 0 spiro atoms. The highest BCUT2D eigenvalue weighted by molar-refractivity contribution is 7.13. The van der Waals surface area contributed by atoms with Gasteiger partial charge in [0.15, 0.2) is 11.5 Å². The van der Waals surface area contributed by atoms with Gasteiger partial charge in [-0.15, -0.1) is 11.3 Å². The highest BCUT2D eigenvalue weighted by Crippen LogP contribution is 2.25. The molecule has 6 nitrogen and oxygen atoms in total. The summed E-state index contributed by atoms with van der Waals surface area (Å²) in [6.45, 7) is 3.93. The maximum atomic E-state index is 12.2. The molecule has 0 saturated carbocycles. The molecule has 0 bridgehead atoms. The predicted molar refractivity (Wildman–Crippen MR) is 82.5 cm³/mol. The molecule has 0 radical (unpaired) electrons. The Morgan fingerprint density at radius 2 is 2.23 bits per heavy atom. The summed E-state index contributed by atoms with van der Waals surface area (Å²) in [4.78, 5) is 24.8. The van der Waals surface area contributed by atoms with Crippen molar-refractivity contribution in [2.75, 3.05) is 7.11 Å². The van der Waals surface area contributed by atoms with Crippen LogP contribution in [0.3, 0.4) is 0 Å². The molecule has 118 valence electrons. The molecule has 0 aliphatic rings. The van der Waals surface area contributed by atoms with Crippen molar-refractivity contribution in [3.63, 3.8) is 0 Å². The van der Waals surface area contributed by atoms with Crippen molar-refractivity contribution in [3.05, 3.63) is 29.3 Å². The lowest BCUT2D eigenvalue weighted by Crippen LogP contribution is -2.42. The molecule has 1 amide bonds. The van der Waals surface area contributed by atoms with Crippen LogP contribution in [0, 0.1) is 5.92 Å². The Hall–Kier alpha value is -2.15. The number of thiophene rings is 1. The van der Waals surface area contributed by atoms with Gasteiger partial charge in [-0.3, -0.25) is 4.79 Å². The highest BCUT2D eigenvalue weighted by Gasteiger charge is 2.24. The third-order valence-corrected chi connectivity index (χ3v) is 3.89. The molecule has 2 aromatic heterocycles. The minimum absolute atomic E-state index is 0.140. The summed E-state index contributed by atoms with van der Waals surface area (Å²) in [5.41, 5.74) is 0.140. The molecule has 0 unspecified atom stereocenters. The van der Waals surface area contributed by atoms with E-state index in [1.807, 2.05) is 31.4 Å². The van der Waals surface area contributed by atoms with Crippen LogP contribution >= 0.6 is 11.3 Å². The van der Waals surface area contributed by atoms with E-state index in [4.69, 9.17) is 9.26 Å². The van der Waals surface area contributed by atoms with E-state index in [1.54, 1.807) is 6.07 Å². The summed E-state index contributed by atoms with van der Waals surface area (Å²) in [5.74, 6) is -0.159. The second kappa shape index (κ2) is 7.22. The van der Waals surface area contributed by atoms with Crippen molar-refractivity contribution < 1.29 is 18.8 Å². The van der Waals surface area contributed by atoms with E-state index in [-0.39, 0.29) is 11.6 Å². The van der Waals surface area contributed by atoms with Crippen LogP contribution in [0.5, 0.6) is 0 Å². The standard InChI is InChI=1S/C15H18N2O4S/c1-9(2)7-11(15(19)20-3)16-14(18)10-8-12(21-17-10)13-5-4-6-22-13/h4-6,8-9,11H,7H2,1-3H3,(H,16,18)/t11-/m0/s1. The zero-order valence-electron chi connectivity index (χ0n) is 12.7. The molecule has 0 fully saturated rings. The molecule has 0 aromatic carbocycles. The Labute approximate surface area is 132 Å². The number of ether oxygens (including phenoxy) is 1. The largest absolute Gasteiger partial charge is 0.467 e. The van der Waals surface area contributed by atoms with Crippen LogP contribution in [0.2, 0.25) is 0 Å². The van der Waals surface area contributed by atoms with Gasteiger partial charge >= 0.3 is 5.97 Å². The van der Waals surface area contributed by atoms with Crippen LogP contribution in [-0.4, -0.2) is 30.2 Å². The van der Waals surface area contributed by atoms with Gasteiger partial charge in [0.2, 0.25) is 0 Å². The molecular formula is C15H18N2O4S. The number of esters is 1. The Kier molecular flexibility index (Phi) is 5.32. The first-order valence-corrected chi connectivity index (χ1v) is 7.78. The summed E-state index contributed by atoms with van der Waals surface area (Å²) in [5, 5.41) is 8.31. The number of nitrogens with zero attached hydrogens (tertiary/aromatic N) is 1. The normalized spacial score (nSPS) is 12.2. The van der Waals surface area contributed by atoms with E-state index in [9.17, 15) is 9.59 Å². The van der Waals surface area contributed by atoms with Crippen molar-refractivity contribution in [2.45, 2.75) is 26.3 Å². The van der Waals surface area contributed by atoms with Crippen molar-refractivity contribution in [1.29, 1.82) is 0 Å². The highest BCUT2D eigenvalue weighted by atomic mass is 32.1. The number of hydrogen-bond donors (Lipinski definition) is 1. The van der Waals surface area contributed by atoms with Gasteiger partial charge in [-0.05, 0) is 23.8 Å². The first-order valence-electron chi connectivity index (χ1n) is 6.90. The van der Waals surface area contributed by atoms with E-state index in [0.29, 0.717) is 12.2 Å². The van der Waals surface area contributed by atoms with Gasteiger partial charge in [-0.2, -0.15) is 0 Å². The molecule has 2 aromatic rings. The van der Waals surface area contributed by atoms with E-state index in [1.165, 1.54) is 18.4 Å². The lowest BCUT2D eigenvalue weighted by molar-refractivity contribution is -0.143. The summed E-state index contributed by atoms with van der Waals surface area (Å²) in [6.07, 6.45) is 0.494. The van der Waals surface area contributed by atoms with Crippen LogP contribution < -0.4 is 5.32 Å². The van der Waals surface area contributed by atoms with Crippen LogP contribution in [0.15, 0.2) is 28.1 Å². The fraction of sp³-hybridized carbons (Fsp3) is 0.400. The van der Waals surface area contributed by atoms with Gasteiger partial charge in [-0.25, -0.2) is 4.79 Å². The molecule has 0 saturated heterocycles. The minimum atomic E-state index is -0.695. The average molecular weight is 322 g/mol. The second-order valence-electron chi connectivity index (χ2n) is 5.23. The Morgan fingerprint density at radius 1 is 1.45 bits per heavy atom. The number of amides is 1. The lowest BCUT2D eigenvalue weighted by atomic mass is 10.0. The summed E-state index contributed by atoms with van der Waals surface area (Å²) in [7, 11) is 1.30. The lowest BCUT2D eigenvalue weighted by Gasteiger charge is -2.17. The molecule has 0 aliphatic heterocycles. The first-order chi connectivity index (χ1) is 10.5. The Bertz CT molecular complexity index is 634. The molecule has 0 aliphatic carbocycles. The number of carbonyl (C=O) groups is 2. The van der Waals surface area contributed by atoms with Crippen LogP contribution in [0.25, 0.3) is 10.6 Å². The minimum Gasteiger partial charge on any atom is -0.467 e. The van der Waals surface area contributed by atoms with E-state index in [0.717, 1.165) is 4.88 Å². The van der Waals surface area contributed by atoms with Gasteiger partial charge in [0.05, 0.1) is 12.0 Å². The Balaban J connectivity index is 2.08. The van der Waals surface area contributed by atoms with Gasteiger partial charge < -0.3 is 14.6 Å². The SMILES string of the molecule is COC(=O)[C@H](CC(C)C)NC(=O)c1cc(-c2cccs2)on1. The van der Waals surface area contributed by atoms with Crippen LogP contribution in [-0.2, 0) is 9.53 Å². The maximum Gasteiger partial charge on any atom is 0.328 e. The summed E-state index contributed by atoms with van der Waals surface area (Å²) in [6, 6.07) is 4.63. The third-order valence-electron chi connectivity index (χ3n) is 3.00. The van der Waals surface area contributed by atoms with Crippen LogP contribution in [0.1, 0.15) is 30.8 Å². The van der Waals surface area contributed by atoms with Gasteiger partial charge in [0.25, 0.3) is 5.91 Å². The zero-order chi connectivity index (χ0) is 16.1. The topological polar surface area (TPSA) is 81.4 Å². The smallest absolute Gasteiger partial charge is 0.328 e. The fourth-order valence-corrected chi connectivity index (χ4v) is 2.65. The molecule has 7 heteroatoms. The van der Waals surface area contributed by atoms with Crippen LogP contribution in [0.4, 0.5) is 0 Å². The Morgan fingerprint density at radius 3 is 2.82 bits per heavy atom. The van der Waals surface area contributed by atoms with Crippen molar-refractivity contribution in [2.24, 2.45) is 5.92 Å². The quantitative estimate of drug-likeness (QED) is 0.827. The van der Waals surface area contributed by atoms with Crippen molar-refractivity contribution in [3.8, 4) is 10.6 Å². The fourth-order valence-electron chi connectivity index (χ4n) is 1.98. The third kappa shape index (κ3) is 3.94. The van der Waals surface area contributed by atoms with Gasteiger partial charge in [0.1, 0.15) is 6.04 Å². The van der Waals surface area contributed by atoms with Crippen molar-refractivity contribution in [1.82, 2.24) is 10.5 Å². The monoisotopic (exact) mass is 322 g/mol. The predicted octanol–water partition coefficient (Wildman–Crippen LogP) is 2.72. The zero-order valence-corrected chi connectivity index (χ0v) is 13.5. The number of aromatic nitrogens is 1. The molecule has 2 rings (SSSR count). The summed E-state index contributed by atoms with van der Waals surface area (Å²) >= 11 is 1.49. The first kappa shape index (κ1) is 16.2. The van der Waals surface area contributed by atoms with E-state index >= 15 is 0 Å².